The van der Waals surface area contributed by atoms with E-state index in [-0.39, 0.29) is 18.4 Å². The Morgan fingerprint density at radius 3 is 2.43 bits per heavy atom. The zero-order valence-corrected chi connectivity index (χ0v) is 15.7. The molecule has 8 nitrogen and oxygen atoms in total. The summed E-state index contributed by atoms with van der Waals surface area (Å²) in [6.07, 6.45) is 0.580. The van der Waals surface area contributed by atoms with E-state index in [1.54, 1.807) is 31.2 Å². The molecule has 0 atom stereocenters. The Bertz CT molecular complexity index is 969. The molecule has 0 spiro atoms. The van der Waals surface area contributed by atoms with Gasteiger partial charge in [0.25, 0.3) is 0 Å². The molecule has 0 aliphatic carbocycles. The van der Waals surface area contributed by atoms with Crippen molar-refractivity contribution < 1.29 is 14.1 Å². The molecule has 0 unspecified atom stereocenters. The fourth-order valence-corrected chi connectivity index (χ4v) is 2.52. The minimum Gasteiger partial charge on any atom is -0.339 e. The number of anilines is 3. The number of para-hydroxylation sites is 1. The van der Waals surface area contributed by atoms with E-state index in [2.05, 4.69) is 26.1 Å². The predicted molar refractivity (Wildman–Crippen MR) is 106 cm³/mol. The normalized spacial score (nSPS) is 10.4. The molecule has 1 heterocycles. The molecular weight excluding hydrogens is 358 g/mol. The van der Waals surface area contributed by atoms with Crippen molar-refractivity contribution in [2.24, 2.45) is 0 Å². The topological polar surface area (TPSA) is 109 Å². The summed E-state index contributed by atoms with van der Waals surface area (Å²) in [5.74, 6) is 0.793. The van der Waals surface area contributed by atoms with Crippen LogP contribution in [0.3, 0.4) is 0 Å². The minimum atomic E-state index is -0.362. The van der Waals surface area contributed by atoms with Gasteiger partial charge in [-0.1, -0.05) is 29.4 Å². The summed E-state index contributed by atoms with van der Waals surface area (Å²) >= 11 is 0. The molecule has 1 aromatic heterocycles. The summed E-state index contributed by atoms with van der Waals surface area (Å²) in [4.78, 5) is 28.4. The number of nitrogens with one attached hydrogen (secondary N) is 3. The highest BCUT2D eigenvalue weighted by molar-refractivity contribution is 6.00. The van der Waals surface area contributed by atoms with Gasteiger partial charge in [-0.15, -0.1) is 0 Å². The van der Waals surface area contributed by atoms with E-state index in [0.717, 1.165) is 5.56 Å². The number of amides is 3. The van der Waals surface area contributed by atoms with Gasteiger partial charge in [0.2, 0.25) is 11.8 Å². The van der Waals surface area contributed by atoms with Gasteiger partial charge in [-0.25, -0.2) is 4.79 Å². The van der Waals surface area contributed by atoms with Gasteiger partial charge in [-0.2, -0.15) is 4.98 Å². The van der Waals surface area contributed by atoms with Crippen LogP contribution in [0.5, 0.6) is 0 Å². The van der Waals surface area contributed by atoms with Crippen molar-refractivity contribution in [2.75, 3.05) is 16.0 Å². The summed E-state index contributed by atoms with van der Waals surface area (Å²) in [7, 11) is 0. The zero-order valence-electron chi connectivity index (χ0n) is 15.7. The third kappa shape index (κ3) is 5.41. The number of hydrogen-bond acceptors (Lipinski definition) is 5. The molecule has 3 amide bonds. The molecular formula is C20H21N5O3. The SMILES string of the molecule is Cc1noc(CCC(=O)Nc2cc(NC(=O)Nc3ccccc3)ccc2C)n1. The summed E-state index contributed by atoms with van der Waals surface area (Å²) in [5.41, 5.74) is 2.78. The Morgan fingerprint density at radius 1 is 0.964 bits per heavy atom. The Hall–Kier alpha value is -3.68. The highest BCUT2D eigenvalue weighted by atomic mass is 16.5. The summed E-state index contributed by atoms with van der Waals surface area (Å²) in [5, 5.41) is 12.1. The van der Waals surface area contributed by atoms with Crippen LogP contribution in [0.15, 0.2) is 53.1 Å². The van der Waals surface area contributed by atoms with Crippen molar-refractivity contribution in [2.45, 2.75) is 26.7 Å². The molecule has 0 bridgehead atoms. The van der Waals surface area contributed by atoms with Crippen molar-refractivity contribution in [3.63, 3.8) is 0 Å². The average molecular weight is 379 g/mol. The number of carbonyl (C=O) groups is 2. The van der Waals surface area contributed by atoms with Crippen LogP contribution in [0.25, 0.3) is 0 Å². The molecule has 3 rings (SSSR count). The van der Waals surface area contributed by atoms with E-state index in [0.29, 0.717) is 35.2 Å². The van der Waals surface area contributed by atoms with Gasteiger partial charge < -0.3 is 20.5 Å². The number of urea groups is 1. The first-order valence-corrected chi connectivity index (χ1v) is 8.82. The lowest BCUT2D eigenvalue weighted by atomic mass is 10.1. The van der Waals surface area contributed by atoms with Crippen LogP contribution in [0, 0.1) is 13.8 Å². The van der Waals surface area contributed by atoms with E-state index in [1.807, 2.05) is 31.2 Å². The molecule has 0 aliphatic rings. The summed E-state index contributed by atoms with van der Waals surface area (Å²) < 4.78 is 5.00. The second kappa shape index (κ2) is 8.81. The summed E-state index contributed by atoms with van der Waals surface area (Å²) in [6.45, 7) is 3.60. The van der Waals surface area contributed by atoms with Crippen molar-refractivity contribution >= 4 is 29.0 Å². The average Bonchev–Trinajstić information content (AvgIpc) is 3.09. The van der Waals surface area contributed by atoms with Crippen LogP contribution < -0.4 is 16.0 Å². The van der Waals surface area contributed by atoms with Crippen LogP contribution in [0.2, 0.25) is 0 Å². The van der Waals surface area contributed by atoms with E-state index in [1.165, 1.54) is 0 Å². The standard InChI is InChI=1S/C20H21N5O3/c1-13-8-9-16(23-20(27)22-15-6-4-3-5-7-15)12-17(13)24-18(26)10-11-19-21-14(2)25-28-19/h3-9,12H,10-11H2,1-2H3,(H,24,26)(H2,22,23,27). The number of rotatable bonds is 6. The smallest absolute Gasteiger partial charge is 0.323 e. The number of aryl methyl sites for hydroxylation is 3. The van der Waals surface area contributed by atoms with Crippen LogP contribution in [-0.2, 0) is 11.2 Å². The Kier molecular flexibility index (Phi) is 6.01. The van der Waals surface area contributed by atoms with Crippen molar-refractivity contribution in [1.29, 1.82) is 0 Å². The minimum absolute atomic E-state index is 0.176. The maximum absolute atomic E-state index is 12.2. The Morgan fingerprint density at radius 2 is 1.71 bits per heavy atom. The first kappa shape index (κ1) is 19.1. The quantitative estimate of drug-likeness (QED) is 0.602. The molecule has 0 aliphatic heterocycles. The van der Waals surface area contributed by atoms with Crippen molar-refractivity contribution in [3.8, 4) is 0 Å². The fourth-order valence-electron chi connectivity index (χ4n) is 2.52. The number of hydrogen-bond donors (Lipinski definition) is 3. The third-order valence-corrected chi connectivity index (χ3v) is 3.94. The van der Waals surface area contributed by atoms with Crippen LogP contribution in [0.4, 0.5) is 21.9 Å². The van der Waals surface area contributed by atoms with Gasteiger partial charge >= 0.3 is 6.03 Å². The van der Waals surface area contributed by atoms with Crippen molar-refractivity contribution in [3.05, 3.63) is 65.8 Å². The van der Waals surface area contributed by atoms with E-state index in [4.69, 9.17) is 4.52 Å². The maximum atomic E-state index is 12.2. The molecule has 3 aromatic rings. The monoisotopic (exact) mass is 379 g/mol. The molecule has 0 fully saturated rings. The zero-order chi connectivity index (χ0) is 19.9. The number of nitrogens with zero attached hydrogens (tertiary/aromatic N) is 2. The second-order valence-electron chi connectivity index (χ2n) is 6.26. The second-order valence-corrected chi connectivity index (χ2v) is 6.26. The molecule has 0 saturated carbocycles. The number of benzene rings is 2. The first-order chi connectivity index (χ1) is 13.5. The lowest BCUT2D eigenvalue weighted by Crippen LogP contribution is -2.19. The van der Waals surface area contributed by atoms with Gasteiger partial charge in [0.1, 0.15) is 0 Å². The molecule has 0 radical (unpaired) electrons. The molecule has 3 N–H and O–H groups in total. The van der Waals surface area contributed by atoms with E-state index in [9.17, 15) is 9.59 Å². The summed E-state index contributed by atoms with van der Waals surface area (Å²) in [6, 6.07) is 14.1. The Balaban J connectivity index is 1.57. The van der Waals surface area contributed by atoms with Gasteiger partial charge in [0, 0.05) is 29.9 Å². The van der Waals surface area contributed by atoms with Gasteiger partial charge in [0.05, 0.1) is 0 Å². The maximum Gasteiger partial charge on any atom is 0.323 e. The molecule has 0 saturated heterocycles. The lowest BCUT2D eigenvalue weighted by Gasteiger charge is -2.12. The number of carbonyl (C=O) groups excluding carboxylic acids is 2. The number of aromatic nitrogens is 2. The van der Waals surface area contributed by atoms with Gasteiger partial charge in [-0.3, -0.25) is 4.79 Å². The largest absolute Gasteiger partial charge is 0.339 e. The fraction of sp³-hybridized carbons (Fsp3) is 0.200. The van der Waals surface area contributed by atoms with Crippen LogP contribution in [-0.4, -0.2) is 22.1 Å². The van der Waals surface area contributed by atoms with Gasteiger partial charge in [-0.05, 0) is 43.7 Å². The van der Waals surface area contributed by atoms with Crippen LogP contribution >= 0.6 is 0 Å². The van der Waals surface area contributed by atoms with Crippen LogP contribution in [0.1, 0.15) is 23.7 Å². The van der Waals surface area contributed by atoms with E-state index >= 15 is 0 Å². The molecule has 8 heteroatoms. The lowest BCUT2D eigenvalue weighted by molar-refractivity contribution is -0.116. The molecule has 144 valence electrons. The highest BCUT2D eigenvalue weighted by Gasteiger charge is 2.10. The van der Waals surface area contributed by atoms with Crippen molar-refractivity contribution in [1.82, 2.24) is 10.1 Å². The van der Waals surface area contributed by atoms with E-state index < -0.39 is 0 Å². The molecule has 28 heavy (non-hydrogen) atoms. The molecule has 2 aromatic carbocycles. The third-order valence-electron chi connectivity index (χ3n) is 3.94. The Labute approximate surface area is 162 Å². The predicted octanol–water partition coefficient (Wildman–Crippen LogP) is 3.90. The highest BCUT2D eigenvalue weighted by Crippen LogP contribution is 2.21. The van der Waals surface area contributed by atoms with Gasteiger partial charge in [0.15, 0.2) is 5.82 Å². The first-order valence-electron chi connectivity index (χ1n) is 8.82.